The number of rotatable bonds is 5. The van der Waals surface area contributed by atoms with Crippen LogP contribution in [0.15, 0.2) is 36.7 Å². The van der Waals surface area contributed by atoms with Crippen LogP contribution in [0.25, 0.3) is 0 Å². The van der Waals surface area contributed by atoms with Crippen molar-refractivity contribution in [3.63, 3.8) is 0 Å². The number of aromatic nitrogens is 1. The highest BCUT2D eigenvalue weighted by atomic mass is 19.1. The van der Waals surface area contributed by atoms with Gasteiger partial charge in [-0.25, -0.2) is 9.82 Å². The number of nitrogens with zero attached hydrogens (tertiary/aromatic N) is 1. The lowest BCUT2D eigenvalue weighted by atomic mass is 9.99. The number of benzene rings is 1. The Morgan fingerprint density at radius 2 is 2.10 bits per heavy atom. The smallest absolute Gasteiger partial charge is 0.137 e. The Labute approximate surface area is 117 Å². The second-order valence-electron chi connectivity index (χ2n) is 4.50. The van der Waals surface area contributed by atoms with E-state index in [9.17, 15) is 4.39 Å². The SMILES string of the molecule is CCOc1cncc(C(NN)c2ccc(F)c(C)c2)c1. The van der Waals surface area contributed by atoms with Crippen LogP contribution in [0, 0.1) is 12.7 Å². The molecule has 0 amide bonds. The Morgan fingerprint density at radius 3 is 2.75 bits per heavy atom. The molecule has 0 saturated carbocycles. The van der Waals surface area contributed by atoms with E-state index in [2.05, 4.69) is 10.4 Å². The van der Waals surface area contributed by atoms with Crippen molar-refractivity contribution in [1.29, 1.82) is 0 Å². The molecule has 1 aromatic carbocycles. The molecule has 2 aromatic rings. The molecule has 1 aromatic heterocycles. The van der Waals surface area contributed by atoms with Gasteiger partial charge in [0.1, 0.15) is 11.6 Å². The molecule has 106 valence electrons. The summed E-state index contributed by atoms with van der Waals surface area (Å²) < 4.78 is 18.8. The molecule has 0 saturated heterocycles. The van der Waals surface area contributed by atoms with Gasteiger partial charge in [-0.05, 0) is 42.7 Å². The Kier molecular flexibility index (Phi) is 4.65. The fourth-order valence-corrected chi connectivity index (χ4v) is 2.07. The van der Waals surface area contributed by atoms with Crippen molar-refractivity contribution in [3.8, 4) is 5.75 Å². The predicted molar refractivity (Wildman–Crippen MR) is 75.7 cm³/mol. The van der Waals surface area contributed by atoms with Crippen LogP contribution in [0.5, 0.6) is 5.75 Å². The van der Waals surface area contributed by atoms with E-state index in [1.807, 2.05) is 13.0 Å². The van der Waals surface area contributed by atoms with E-state index in [4.69, 9.17) is 10.6 Å². The van der Waals surface area contributed by atoms with E-state index >= 15 is 0 Å². The number of nitrogens with one attached hydrogen (secondary N) is 1. The number of nitrogens with two attached hydrogens (primary N) is 1. The van der Waals surface area contributed by atoms with Crippen molar-refractivity contribution < 1.29 is 9.13 Å². The van der Waals surface area contributed by atoms with Gasteiger partial charge in [-0.2, -0.15) is 0 Å². The summed E-state index contributed by atoms with van der Waals surface area (Å²) in [6, 6.07) is 6.53. The zero-order chi connectivity index (χ0) is 14.5. The van der Waals surface area contributed by atoms with Crippen LogP contribution in [0.3, 0.4) is 0 Å². The molecule has 1 unspecified atom stereocenters. The molecule has 0 bridgehead atoms. The highest BCUT2D eigenvalue weighted by molar-refractivity contribution is 5.36. The minimum Gasteiger partial charge on any atom is -0.492 e. The van der Waals surface area contributed by atoms with Gasteiger partial charge in [-0.3, -0.25) is 10.8 Å². The van der Waals surface area contributed by atoms with Gasteiger partial charge < -0.3 is 4.74 Å². The molecule has 0 aliphatic heterocycles. The van der Waals surface area contributed by atoms with Crippen LogP contribution in [0.1, 0.15) is 29.7 Å². The van der Waals surface area contributed by atoms with Crippen LogP contribution >= 0.6 is 0 Å². The van der Waals surface area contributed by atoms with E-state index in [1.165, 1.54) is 6.07 Å². The first-order valence-corrected chi connectivity index (χ1v) is 6.45. The van der Waals surface area contributed by atoms with Crippen molar-refractivity contribution in [2.24, 2.45) is 5.84 Å². The normalized spacial score (nSPS) is 12.2. The summed E-state index contributed by atoms with van der Waals surface area (Å²) >= 11 is 0. The highest BCUT2D eigenvalue weighted by Crippen LogP contribution is 2.25. The number of hydrogen-bond acceptors (Lipinski definition) is 4. The quantitative estimate of drug-likeness (QED) is 0.650. The van der Waals surface area contributed by atoms with Crippen LogP contribution in [-0.2, 0) is 0 Å². The van der Waals surface area contributed by atoms with Crippen molar-refractivity contribution >= 4 is 0 Å². The molecule has 5 heteroatoms. The number of aryl methyl sites for hydroxylation is 1. The third-order valence-corrected chi connectivity index (χ3v) is 3.06. The Hall–Kier alpha value is -1.98. The van der Waals surface area contributed by atoms with Gasteiger partial charge in [0.05, 0.1) is 18.8 Å². The van der Waals surface area contributed by atoms with Gasteiger partial charge in [-0.1, -0.05) is 12.1 Å². The molecule has 3 N–H and O–H groups in total. The van der Waals surface area contributed by atoms with Crippen molar-refractivity contribution in [2.75, 3.05) is 6.61 Å². The minimum absolute atomic E-state index is 0.231. The molecular formula is C15H18FN3O. The van der Waals surface area contributed by atoms with E-state index in [0.29, 0.717) is 17.9 Å². The largest absolute Gasteiger partial charge is 0.492 e. The maximum Gasteiger partial charge on any atom is 0.137 e. The molecule has 2 rings (SSSR count). The molecule has 0 radical (unpaired) electrons. The Balaban J connectivity index is 2.36. The van der Waals surface area contributed by atoms with E-state index in [-0.39, 0.29) is 11.9 Å². The molecule has 0 fully saturated rings. The summed E-state index contributed by atoms with van der Waals surface area (Å²) in [5.41, 5.74) is 5.05. The van der Waals surface area contributed by atoms with Crippen molar-refractivity contribution in [3.05, 3.63) is 59.2 Å². The zero-order valence-electron chi connectivity index (χ0n) is 11.6. The van der Waals surface area contributed by atoms with Gasteiger partial charge in [0.15, 0.2) is 0 Å². The van der Waals surface area contributed by atoms with Gasteiger partial charge in [-0.15, -0.1) is 0 Å². The third kappa shape index (κ3) is 3.12. The zero-order valence-corrected chi connectivity index (χ0v) is 11.6. The third-order valence-electron chi connectivity index (χ3n) is 3.06. The van der Waals surface area contributed by atoms with Gasteiger partial charge in [0.25, 0.3) is 0 Å². The van der Waals surface area contributed by atoms with Crippen LogP contribution in [0.2, 0.25) is 0 Å². The lowest BCUT2D eigenvalue weighted by molar-refractivity contribution is 0.338. The summed E-state index contributed by atoms with van der Waals surface area (Å²) in [5, 5.41) is 0. The Bertz CT molecular complexity index is 589. The predicted octanol–water partition coefficient (Wildman–Crippen LogP) is 2.48. The topological polar surface area (TPSA) is 60.2 Å². The summed E-state index contributed by atoms with van der Waals surface area (Å²) in [4.78, 5) is 4.14. The van der Waals surface area contributed by atoms with Crippen molar-refractivity contribution in [1.82, 2.24) is 10.4 Å². The molecule has 0 aliphatic carbocycles. The molecule has 4 nitrogen and oxygen atoms in total. The number of hydrogen-bond donors (Lipinski definition) is 2. The first-order valence-electron chi connectivity index (χ1n) is 6.45. The van der Waals surface area contributed by atoms with Crippen LogP contribution in [0.4, 0.5) is 4.39 Å². The van der Waals surface area contributed by atoms with Gasteiger partial charge in [0.2, 0.25) is 0 Å². The number of halogens is 1. The second-order valence-corrected chi connectivity index (χ2v) is 4.50. The fourth-order valence-electron chi connectivity index (χ4n) is 2.07. The minimum atomic E-state index is -0.262. The summed E-state index contributed by atoms with van der Waals surface area (Å²) in [6.07, 6.45) is 3.36. The lowest BCUT2D eigenvalue weighted by Gasteiger charge is -2.18. The summed E-state index contributed by atoms with van der Waals surface area (Å²) in [7, 11) is 0. The fraction of sp³-hybridized carbons (Fsp3) is 0.267. The maximum atomic E-state index is 13.3. The monoisotopic (exact) mass is 275 g/mol. The molecule has 20 heavy (non-hydrogen) atoms. The maximum absolute atomic E-state index is 13.3. The number of pyridine rings is 1. The first-order chi connectivity index (χ1) is 9.65. The van der Waals surface area contributed by atoms with Crippen LogP contribution in [-0.4, -0.2) is 11.6 Å². The Morgan fingerprint density at radius 1 is 1.30 bits per heavy atom. The van der Waals surface area contributed by atoms with E-state index in [1.54, 1.807) is 31.5 Å². The first kappa shape index (κ1) is 14.4. The highest BCUT2D eigenvalue weighted by Gasteiger charge is 2.14. The second kappa shape index (κ2) is 6.45. The van der Waals surface area contributed by atoms with Crippen LogP contribution < -0.4 is 16.0 Å². The average molecular weight is 275 g/mol. The van der Waals surface area contributed by atoms with E-state index in [0.717, 1.165) is 11.1 Å². The summed E-state index contributed by atoms with van der Waals surface area (Å²) in [5.74, 6) is 6.09. The van der Waals surface area contributed by atoms with Crippen molar-refractivity contribution in [2.45, 2.75) is 19.9 Å². The number of hydrazine groups is 1. The molecule has 0 spiro atoms. The van der Waals surface area contributed by atoms with Gasteiger partial charge in [0, 0.05) is 6.20 Å². The molecule has 1 heterocycles. The summed E-state index contributed by atoms with van der Waals surface area (Å²) in [6.45, 7) is 4.21. The number of ether oxygens (including phenoxy) is 1. The van der Waals surface area contributed by atoms with E-state index < -0.39 is 0 Å². The molecular weight excluding hydrogens is 257 g/mol. The molecule has 1 atom stereocenters. The van der Waals surface area contributed by atoms with Gasteiger partial charge >= 0.3 is 0 Å². The lowest BCUT2D eigenvalue weighted by Crippen LogP contribution is -2.29. The standard InChI is InChI=1S/C15H18FN3O/c1-3-20-13-7-12(8-18-9-13)15(19-17)11-4-5-14(16)10(2)6-11/h4-9,15,19H,3,17H2,1-2H3. The average Bonchev–Trinajstić information content (AvgIpc) is 2.44. The molecule has 0 aliphatic rings.